The maximum absolute atomic E-state index is 12.1. The third kappa shape index (κ3) is 3.91. The first-order valence-electron chi connectivity index (χ1n) is 7.03. The van der Waals surface area contributed by atoms with Crippen molar-refractivity contribution in [3.8, 4) is 11.5 Å². The summed E-state index contributed by atoms with van der Waals surface area (Å²) in [6, 6.07) is 9.09. The first kappa shape index (κ1) is 14.7. The zero-order valence-electron chi connectivity index (χ0n) is 12.5. The number of rotatable bonds is 4. The van der Waals surface area contributed by atoms with E-state index in [9.17, 15) is 4.79 Å². The summed E-state index contributed by atoms with van der Waals surface area (Å²) in [6.45, 7) is 1.74. The van der Waals surface area contributed by atoms with Gasteiger partial charge in [-0.25, -0.2) is 4.98 Å². The van der Waals surface area contributed by atoms with Crippen LogP contribution in [-0.4, -0.2) is 30.8 Å². The number of nitrogens with zero attached hydrogens (tertiary/aromatic N) is 5. The van der Waals surface area contributed by atoms with Crippen LogP contribution in [0.2, 0.25) is 0 Å². The van der Waals surface area contributed by atoms with Gasteiger partial charge in [-0.1, -0.05) is 12.1 Å². The Balaban J connectivity index is 1.78. The summed E-state index contributed by atoms with van der Waals surface area (Å²) in [5.41, 5.74) is 1.45. The summed E-state index contributed by atoms with van der Waals surface area (Å²) in [7, 11) is 0. The van der Waals surface area contributed by atoms with E-state index in [1.54, 1.807) is 37.6 Å². The summed E-state index contributed by atoms with van der Waals surface area (Å²) >= 11 is 0. The van der Waals surface area contributed by atoms with Crippen LogP contribution in [0.4, 0.5) is 5.95 Å². The van der Waals surface area contributed by atoms with Crippen molar-refractivity contribution in [2.24, 2.45) is 0 Å². The maximum atomic E-state index is 12.1. The first-order chi connectivity index (χ1) is 11.2. The lowest BCUT2D eigenvalue weighted by atomic mass is 10.2. The molecule has 3 aromatic heterocycles. The average Bonchev–Trinajstić information content (AvgIpc) is 2.56. The summed E-state index contributed by atoms with van der Waals surface area (Å²) < 4.78 is 0. The van der Waals surface area contributed by atoms with Crippen LogP contribution < -0.4 is 5.32 Å². The van der Waals surface area contributed by atoms with Crippen LogP contribution in [0, 0.1) is 6.92 Å². The third-order valence-corrected chi connectivity index (χ3v) is 2.98. The van der Waals surface area contributed by atoms with Crippen LogP contribution in [0.5, 0.6) is 0 Å². The lowest BCUT2D eigenvalue weighted by molar-refractivity contribution is -0.115. The summed E-state index contributed by atoms with van der Waals surface area (Å²) in [4.78, 5) is 32.9. The van der Waals surface area contributed by atoms with Gasteiger partial charge >= 0.3 is 0 Å². The Morgan fingerprint density at radius 1 is 1.09 bits per heavy atom. The molecular weight excluding hydrogens is 292 g/mol. The molecule has 3 rings (SSSR count). The number of anilines is 1. The standard InChI is InChI=1S/C16H14N6O/c1-11-19-15(13-6-2-3-8-18-13)22-16(20-11)21-14(23)9-12-5-4-7-17-10-12/h2-8,10H,9H2,1H3,(H,19,20,21,22,23). The molecule has 0 radical (unpaired) electrons. The van der Waals surface area contributed by atoms with Gasteiger partial charge in [-0.2, -0.15) is 9.97 Å². The number of carbonyl (C=O) groups is 1. The molecule has 3 aromatic rings. The Labute approximate surface area is 132 Å². The quantitative estimate of drug-likeness (QED) is 0.790. The summed E-state index contributed by atoms with van der Waals surface area (Å²) in [5, 5.41) is 2.68. The molecular formula is C16H14N6O. The number of hydrogen-bond donors (Lipinski definition) is 1. The van der Waals surface area contributed by atoms with Gasteiger partial charge in [-0.05, 0) is 30.7 Å². The number of pyridine rings is 2. The SMILES string of the molecule is Cc1nc(NC(=O)Cc2cccnc2)nc(-c2ccccn2)n1. The molecule has 0 aromatic carbocycles. The molecule has 114 valence electrons. The van der Waals surface area contributed by atoms with E-state index in [2.05, 4.69) is 30.2 Å². The molecule has 3 heterocycles. The number of hydrogen-bond acceptors (Lipinski definition) is 6. The molecule has 23 heavy (non-hydrogen) atoms. The fraction of sp³-hybridized carbons (Fsp3) is 0.125. The lowest BCUT2D eigenvalue weighted by Crippen LogP contribution is -2.17. The number of carbonyl (C=O) groups excluding carboxylic acids is 1. The summed E-state index contributed by atoms with van der Waals surface area (Å²) in [6.07, 6.45) is 5.18. The van der Waals surface area contributed by atoms with Gasteiger partial charge in [0.1, 0.15) is 11.5 Å². The van der Waals surface area contributed by atoms with Crippen LogP contribution in [0.25, 0.3) is 11.5 Å². The minimum absolute atomic E-state index is 0.206. The number of nitrogens with one attached hydrogen (secondary N) is 1. The highest BCUT2D eigenvalue weighted by Gasteiger charge is 2.10. The van der Waals surface area contributed by atoms with Gasteiger partial charge in [-0.3, -0.25) is 20.1 Å². The van der Waals surface area contributed by atoms with Crippen LogP contribution in [0.1, 0.15) is 11.4 Å². The predicted octanol–water partition coefficient (Wildman–Crippen LogP) is 1.82. The fourth-order valence-electron chi connectivity index (χ4n) is 2.00. The van der Waals surface area contributed by atoms with E-state index in [-0.39, 0.29) is 18.3 Å². The summed E-state index contributed by atoms with van der Waals surface area (Å²) in [5.74, 6) is 0.940. The lowest BCUT2D eigenvalue weighted by Gasteiger charge is -2.06. The van der Waals surface area contributed by atoms with Crippen LogP contribution in [0.15, 0.2) is 48.9 Å². The molecule has 0 spiro atoms. The van der Waals surface area contributed by atoms with E-state index in [0.29, 0.717) is 17.3 Å². The molecule has 0 bridgehead atoms. The van der Waals surface area contributed by atoms with Crippen LogP contribution in [0.3, 0.4) is 0 Å². The number of amides is 1. The van der Waals surface area contributed by atoms with Gasteiger partial charge in [0, 0.05) is 18.6 Å². The van der Waals surface area contributed by atoms with Gasteiger partial charge < -0.3 is 0 Å². The Kier molecular flexibility index (Phi) is 4.28. The zero-order chi connectivity index (χ0) is 16.1. The first-order valence-corrected chi connectivity index (χ1v) is 7.03. The molecule has 0 unspecified atom stereocenters. The van der Waals surface area contributed by atoms with Gasteiger partial charge in [-0.15, -0.1) is 0 Å². The topological polar surface area (TPSA) is 93.6 Å². The second-order valence-electron chi connectivity index (χ2n) is 4.83. The maximum Gasteiger partial charge on any atom is 0.233 e. The van der Waals surface area contributed by atoms with Gasteiger partial charge in [0.05, 0.1) is 6.42 Å². The molecule has 0 aliphatic carbocycles. The van der Waals surface area contributed by atoms with Crippen molar-refractivity contribution in [1.29, 1.82) is 0 Å². The van der Waals surface area contributed by atoms with Crippen molar-refractivity contribution in [3.05, 3.63) is 60.3 Å². The molecule has 1 N–H and O–H groups in total. The smallest absolute Gasteiger partial charge is 0.233 e. The highest BCUT2D eigenvalue weighted by atomic mass is 16.1. The van der Waals surface area contributed by atoms with Crippen molar-refractivity contribution in [2.45, 2.75) is 13.3 Å². The normalized spacial score (nSPS) is 10.3. The molecule has 0 saturated carbocycles. The minimum atomic E-state index is -0.212. The van der Waals surface area contributed by atoms with Crippen LogP contribution >= 0.6 is 0 Å². The monoisotopic (exact) mass is 306 g/mol. The Bertz CT molecular complexity index is 807. The largest absolute Gasteiger partial charge is 0.294 e. The average molecular weight is 306 g/mol. The molecule has 7 nitrogen and oxygen atoms in total. The van der Waals surface area contributed by atoms with Gasteiger partial charge in [0.15, 0.2) is 5.82 Å². The Hall–Kier alpha value is -3.22. The van der Waals surface area contributed by atoms with E-state index >= 15 is 0 Å². The van der Waals surface area contributed by atoms with E-state index in [0.717, 1.165) is 5.56 Å². The molecule has 0 saturated heterocycles. The predicted molar refractivity (Wildman–Crippen MR) is 84.4 cm³/mol. The van der Waals surface area contributed by atoms with E-state index in [4.69, 9.17) is 0 Å². The molecule has 0 fully saturated rings. The van der Waals surface area contributed by atoms with Gasteiger partial charge in [0.25, 0.3) is 0 Å². The van der Waals surface area contributed by atoms with Crippen molar-refractivity contribution in [1.82, 2.24) is 24.9 Å². The van der Waals surface area contributed by atoms with E-state index in [1.807, 2.05) is 18.2 Å². The van der Waals surface area contributed by atoms with Crippen molar-refractivity contribution >= 4 is 11.9 Å². The van der Waals surface area contributed by atoms with Crippen molar-refractivity contribution in [2.75, 3.05) is 5.32 Å². The second kappa shape index (κ2) is 6.69. The molecule has 0 aliphatic heterocycles. The molecule has 0 aliphatic rings. The second-order valence-corrected chi connectivity index (χ2v) is 4.83. The Morgan fingerprint density at radius 2 is 2.00 bits per heavy atom. The van der Waals surface area contributed by atoms with E-state index in [1.165, 1.54) is 0 Å². The fourth-order valence-corrected chi connectivity index (χ4v) is 2.00. The van der Waals surface area contributed by atoms with Gasteiger partial charge in [0.2, 0.25) is 11.9 Å². The number of aryl methyl sites for hydroxylation is 1. The molecule has 7 heteroatoms. The minimum Gasteiger partial charge on any atom is -0.294 e. The van der Waals surface area contributed by atoms with Crippen molar-refractivity contribution in [3.63, 3.8) is 0 Å². The molecule has 1 amide bonds. The Morgan fingerprint density at radius 3 is 2.74 bits per heavy atom. The van der Waals surface area contributed by atoms with Crippen LogP contribution in [-0.2, 0) is 11.2 Å². The zero-order valence-corrected chi connectivity index (χ0v) is 12.5. The van der Waals surface area contributed by atoms with E-state index < -0.39 is 0 Å². The number of aromatic nitrogens is 5. The molecule has 0 atom stereocenters. The van der Waals surface area contributed by atoms with Crippen molar-refractivity contribution < 1.29 is 4.79 Å². The highest BCUT2D eigenvalue weighted by molar-refractivity contribution is 5.90. The highest BCUT2D eigenvalue weighted by Crippen LogP contribution is 2.13. The third-order valence-electron chi connectivity index (χ3n) is 2.98.